The number of rotatable bonds is 4. The molecule has 0 radical (unpaired) electrons. The molecule has 7 heteroatoms. The van der Waals surface area contributed by atoms with Gasteiger partial charge in [0.25, 0.3) is 5.91 Å². The van der Waals surface area contributed by atoms with Gasteiger partial charge in [0.05, 0.1) is 21.7 Å². The topological polar surface area (TPSA) is 75.4 Å². The van der Waals surface area contributed by atoms with Crippen molar-refractivity contribution in [3.8, 4) is 0 Å². The van der Waals surface area contributed by atoms with E-state index in [-0.39, 0.29) is 40.0 Å². The van der Waals surface area contributed by atoms with E-state index in [1.165, 1.54) is 17.0 Å². The van der Waals surface area contributed by atoms with Crippen LogP contribution in [0.3, 0.4) is 0 Å². The van der Waals surface area contributed by atoms with Crippen LogP contribution in [0.25, 0.3) is 0 Å². The molecule has 0 saturated heterocycles. The second kappa shape index (κ2) is 6.81. The second-order valence-electron chi connectivity index (χ2n) is 4.55. The molecule has 1 unspecified atom stereocenters. The van der Waals surface area contributed by atoms with E-state index in [1.807, 2.05) is 0 Å². The number of nitrogen functional groups attached to an aromatic ring is 1. The van der Waals surface area contributed by atoms with Crippen molar-refractivity contribution in [2.24, 2.45) is 5.92 Å². The molecular weight excluding hydrogens is 301 g/mol. The average Bonchev–Trinajstić information content (AvgIpc) is 2.42. The van der Waals surface area contributed by atoms with E-state index < -0.39 is 0 Å². The first-order valence-electron chi connectivity index (χ1n) is 5.99. The maximum atomic E-state index is 12.2. The Morgan fingerprint density at radius 1 is 1.35 bits per heavy atom. The molecule has 110 valence electrons. The lowest BCUT2D eigenvalue weighted by molar-refractivity contribution is -0.124. The molecule has 1 aromatic carbocycles. The third-order valence-corrected chi connectivity index (χ3v) is 3.54. The summed E-state index contributed by atoms with van der Waals surface area (Å²) < 4.78 is 0. The van der Waals surface area contributed by atoms with Crippen molar-refractivity contribution in [3.63, 3.8) is 0 Å². The first-order valence-corrected chi connectivity index (χ1v) is 6.75. The summed E-state index contributed by atoms with van der Waals surface area (Å²) in [6, 6.07) is 2.93. The van der Waals surface area contributed by atoms with Gasteiger partial charge in [0.15, 0.2) is 0 Å². The summed E-state index contributed by atoms with van der Waals surface area (Å²) in [4.78, 5) is 25.1. The average molecular weight is 318 g/mol. The molecule has 0 spiro atoms. The van der Waals surface area contributed by atoms with Crippen molar-refractivity contribution in [1.29, 1.82) is 0 Å². The Morgan fingerprint density at radius 2 is 1.85 bits per heavy atom. The quantitative estimate of drug-likeness (QED) is 0.834. The highest BCUT2D eigenvalue weighted by atomic mass is 35.5. The van der Waals surface area contributed by atoms with Gasteiger partial charge in [-0.2, -0.15) is 0 Å². The highest BCUT2D eigenvalue weighted by Gasteiger charge is 2.19. The maximum absolute atomic E-state index is 12.2. The van der Waals surface area contributed by atoms with Crippen LogP contribution in [0.2, 0.25) is 10.0 Å². The molecule has 5 nitrogen and oxygen atoms in total. The number of nitrogens with one attached hydrogen (secondary N) is 1. The van der Waals surface area contributed by atoms with E-state index >= 15 is 0 Å². The van der Waals surface area contributed by atoms with Crippen LogP contribution in [-0.4, -0.2) is 37.4 Å². The van der Waals surface area contributed by atoms with Crippen molar-refractivity contribution in [2.75, 3.05) is 26.4 Å². The Morgan fingerprint density at radius 3 is 2.30 bits per heavy atom. The van der Waals surface area contributed by atoms with Crippen LogP contribution in [-0.2, 0) is 4.79 Å². The zero-order valence-corrected chi connectivity index (χ0v) is 13.0. The molecule has 0 aromatic heterocycles. The van der Waals surface area contributed by atoms with E-state index in [0.717, 1.165) is 0 Å². The van der Waals surface area contributed by atoms with Gasteiger partial charge in [-0.15, -0.1) is 0 Å². The van der Waals surface area contributed by atoms with Crippen molar-refractivity contribution in [3.05, 3.63) is 27.7 Å². The number of benzene rings is 1. The largest absolute Gasteiger partial charge is 0.396 e. The van der Waals surface area contributed by atoms with Crippen LogP contribution >= 0.6 is 23.2 Å². The van der Waals surface area contributed by atoms with Crippen LogP contribution in [0, 0.1) is 5.92 Å². The Balaban J connectivity index is 2.87. The number of halogens is 2. The summed E-state index contributed by atoms with van der Waals surface area (Å²) in [6.07, 6.45) is 0. The van der Waals surface area contributed by atoms with Gasteiger partial charge in [-0.05, 0) is 12.1 Å². The van der Waals surface area contributed by atoms with Gasteiger partial charge >= 0.3 is 0 Å². The fourth-order valence-corrected chi connectivity index (χ4v) is 2.24. The fourth-order valence-electron chi connectivity index (χ4n) is 1.75. The number of carbonyl (C=O) groups is 2. The molecule has 1 aromatic rings. The molecule has 20 heavy (non-hydrogen) atoms. The van der Waals surface area contributed by atoms with Crippen LogP contribution in [0.4, 0.5) is 5.69 Å². The molecule has 1 rings (SSSR count). The number of carbonyl (C=O) groups excluding carboxylic acids is 2. The van der Waals surface area contributed by atoms with Crippen molar-refractivity contribution in [1.82, 2.24) is 10.2 Å². The SMILES string of the molecule is CNC(=O)C(C)CN(C)C(=O)c1cc(Cl)c(N)c(Cl)c1. The zero-order valence-electron chi connectivity index (χ0n) is 11.5. The van der Waals surface area contributed by atoms with E-state index in [0.29, 0.717) is 5.56 Å². The number of nitrogens with two attached hydrogens (primary N) is 1. The second-order valence-corrected chi connectivity index (χ2v) is 5.37. The molecule has 0 aliphatic rings. The van der Waals surface area contributed by atoms with Gasteiger partial charge < -0.3 is 16.0 Å². The summed E-state index contributed by atoms with van der Waals surface area (Å²) in [7, 11) is 3.17. The number of anilines is 1. The Hall–Kier alpha value is -1.46. The molecule has 3 N–H and O–H groups in total. The summed E-state index contributed by atoms with van der Waals surface area (Å²) in [5.74, 6) is -0.712. The molecule has 0 heterocycles. The maximum Gasteiger partial charge on any atom is 0.253 e. The number of nitrogens with zero attached hydrogens (tertiary/aromatic N) is 1. The number of hydrogen-bond acceptors (Lipinski definition) is 3. The molecule has 0 fully saturated rings. The van der Waals surface area contributed by atoms with Crippen LogP contribution < -0.4 is 11.1 Å². The third kappa shape index (κ3) is 3.77. The Bertz CT molecular complexity index is 511. The number of hydrogen-bond donors (Lipinski definition) is 2. The smallest absolute Gasteiger partial charge is 0.253 e. The lowest BCUT2D eigenvalue weighted by Gasteiger charge is -2.21. The number of amides is 2. The minimum absolute atomic E-state index is 0.127. The minimum atomic E-state index is -0.311. The van der Waals surface area contributed by atoms with Gasteiger partial charge in [-0.3, -0.25) is 9.59 Å². The van der Waals surface area contributed by atoms with Gasteiger partial charge in [0.2, 0.25) is 5.91 Å². The third-order valence-electron chi connectivity index (χ3n) is 2.91. The Labute approximate surface area is 128 Å². The summed E-state index contributed by atoms with van der Waals surface area (Å²) in [6.45, 7) is 2.03. The lowest BCUT2D eigenvalue weighted by Crippen LogP contribution is -2.37. The fraction of sp³-hybridized carbons (Fsp3) is 0.385. The molecule has 0 bridgehead atoms. The van der Waals surface area contributed by atoms with Crippen LogP contribution in [0.15, 0.2) is 12.1 Å². The minimum Gasteiger partial charge on any atom is -0.396 e. The molecule has 1 atom stereocenters. The predicted octanol–water partition coefficient (Wildman–Crippen LogP) is 2.03. The molecule has 2 amide bonds. The molecular formula is C13H17Cl2N3O2. The summed E-state index contributed by atoms with van der Waals surface area (Å²) in [5, 5.41) is 3.00. The van der Waals surface area contributed by atoms with Crippen LogP contribution in [0.1, 0.15) is 17.3 Å². The van der Waals surface area contributed by atoms with E-state index in [9.17, 15) is 9.59 Å². The normalized spacial score (nSPS) is 11.8. The van der Waals surface area contributed by atoms with Gasteiger partial charge in [0.1, 0.15) is 0 Å². The van der Waals surface area contributed by atoms with E-state index in [4.69, 9.17) is 28.9 Å². The first kappa shape index (κ1) is 16.6. The highest BCUT2D eigenvalue weighted by Crippen LogP contribution is 2.29. The molecule has 0 aliphatic heterocycles. The van der Waals surface area contributed by atoms with E-state index in [2.05, 4.69) is 5.32 Å². The first-order chi connectivity index (χ1) is 9.27. The van der Waals surface area contributed by atoms with Crippen LogP contribution in [0.5, 0.6) is 0 Å². The van der Waals surface area contributed by atoms with Crippen molar-refractivity contribution in [2.45, 2.75) is 6.92 Å². The van der Waals surface area contributed by atoms with Gasteiger partial charge in [-0.1, -0.05) is 30.1 Å². The van der Waals surface area contributed by atoms with Gasteiger partial charge in [-0.25, -0.2) is 0 Å². The summed E-state index contributed by atoms with van der Waals surface area (Å²) in [5.41, 5.74) is 6.20. The zero-order chi connectivity index (χ0) is 15.4. The van der Waals surface area contributed by atoms with Crippen molar-refractivity contribution >= 4 is 40.7 Å². The predicted molar refractivity (Wildman–Crippen MR) is 81.1 cm³/mol. The molecule has 0 saturated carbocycles. The highest BCUT2D eigenvalue weighted by molar-refractivity contribution is 6.39. The Kier molecular flexibility index (Phi) is 5.65. The van der Waals surface area contributed by atoms with E-state index in [1.54, 1.807) is 21.0 Å². The molecule has 0 aliphatic carbocycles. The lowest BCUT2D eigenvalue weighted by atomic mass is 10.1. The summed E-state index contributed by atoms with van der Waals surface area (Å²) >= 11 is 11.8. The monoisotopic (exact) mass is 317 g/mol. The van der Waals surface area contributed by atoms with Crippen molar-refractivity contribution < 1.29 is 9.59 Å². The van der Waals surface area contributed by atoms with Gasteiger partial charge in [0, 0.05) is 26.2 Å². The standard InChI is InChI=1S/C13H17Cl2N3O2/c1-7(12(19)17-2)6-18(3)13(20)8-4-9(14)11(16)10(15)5-8/h4-5,7H,6,16H2,1-3H3,(H,17,19).